The quantitative estimate of drug-likeness (QED) is 0.507. The summed E-state index contributed by atoms with van der Waals surface area (Å²) in [6.07, 6.45) is 11.6. The Labute approximate surface area is 186 Å². The minimum atomic E-state index is 0.167. The van der Waals surface area contributed by atoms with Crippen LogP contribution >= 0.6 is 0 Å². The van der Waals surface area contributed by atoms with Gasteiger partial charge in [0.05, 0.1) is 5.69 Å². The van der Waals surface area contributed by atoms with E-state index < -0.39 is 0 Å². The number of phenols is 1. The molecule has 5 heterocycles. The summed E-state index contributed by atoms with van der Waals surface area (Å²) < 4.78 is 8.09. The second-order valence-corrected chi connectivity index (χ2v) is 8.80. The van der Waals surface area contributed by atoms with Crippen molar-refractivity contribution in [3.8, 4) is 34.0 Å². The first-order valence-corrected chi connectivity index (χ1v) is 11.2. The topological polar surface area (TPSA) is 84.6 Å². The Morgan fingerprint density at radius 1 is 0.938 bits per heavy atom. The number of imidazole rings is 1. The van der Waals surface area contributed by atoms with Crippen LogP contribution in [0.5, 0.6) is 11.6 Å². The molecule has 2 aliphatic rings. The molecule has 0 radical (unpaired) electrons. The molecule has 0 amide bonds. The number of rotatable bonds is 4. The molecule has 2 aliphatic heterocycles. The number of nitrogens with zero attached hydrogens (tertiary/aromatic N) is 4. The van der Waals surface area contributed by atoms with Crippen molar-refractivity contribution in [3.05, 3.63) is 61.1 Å². The van der Waals surface area contributed by atoms with E-state index in [1.54, 1.807) is 12.3 Å². The Kier molecular flexibility index (Phi) is 4.76. The zero-order valence-corrected chi connectivity index (χ0v) is 17.7. The molecule has 32 heavy (non-hydrogen) atoms. The number of aromatic nitrogens is 4. The number of aromatic hydroxyl groups is 1. The Balaban J connectivity index is 1.19. The van der Waals surface area contributed by atoms with Crippen molar-refractivity contribution in [2.24, 2.45) is 0 Å². The molecule has 0 spiro atoms. The van der Waals surface area contributed by atoms with Gasteiger partial charge in [-0.05, 0) is 67.1 Å². The van der Waals surface area contributed by atoms with E-state index in [1.807, 2.05) is 53.2 Å². The predicted octanol–water partition coefficient (Wildman–Crippen LogP) is 4.22. The van der Waals surface area contributed by atoms with Gasteiger partial charge < -0.3 is 19.6 Å². The van der Waals surface area contributed by atoms with Crippen LogP contribution in [-0.2, 0) is 0 Å². The van der Waals surface area contributed by atoms with E-state index in [2.05, 4.69) is 20.5 Å². The molecule has 1 aromatic carbocycles. The van der Waals surface area contributed by atoms with E-state index in [-0.39, 0.29) is 11.9 Å². The van der Waals surface area contributed by atoms with Crippen molar-refractivity contribution in [3.63, 3.8) is 0 Å². The summed E-state index contributed by atoms with van der Waals surface area (Å²) in [5, 5.41) is 23.0. The number of fused-ring (bicyclic) bond motifs is 3. The fourth-order valence-corrected chi connectivity index (χ4v) is 5.02. The summed E-state index contributed by atoms with van der Waals surface area (Å²) in [6, 6.07) is 14.4. The minimum absolute atomic E-state index is 0.167. The van der Waals surface area contributed by atoms with Crippen molar-refractivity contribution >= 4 is 5.65 Å². The van der Waals surface area contributed by atoms with Crippen LogP contribution in [0.3, 0.4) is 0 Å². The van der Waals surface area contributed by atoms with Crippen molar-refractivity contribution in [2.45, 2.75) is 50.3 Å². The summed E-state index contributed by atoms with van der Waals surface area (Å²) in [7, 11) is 0. The molecule has 6 rings (SSSR count). The van der Waals surface area contributed by atoms with Crippen LogP contribution in [0.2, 0.25) is 0 Å². The highest BCUT2D eigenvalue weighted by atomic mass is 16.5. The monoisotopic (exact) mass is 427 g/mol. The lowest BCUT2D eigenvalue weighted by atomic mass is 9.85. The van der Waals surface area contributed by atoms with E-state index in [4.69, 9.17) is 4.74 Å². The van der Waals surface area contributed by atoms with Crippen molar-refractivity contribution in [1.82, 2.24) is 24.9 Å². The number of nitrogens with one attached hydrogen (secondary N) is 1. The molecular formula is C25H25N5O2. The zero-order valence-electron chi connectivity index (χ0n) is 17.7. The van der Waals surface area contributed by atoms with Gasteiger partial charge in [0.25, 0.3) is 0 Å². The van der Waals surface area contributed by atoms with Crippen molar-refractivity contribution in [2.75, 3.05) is 0 Å². The normalized spacial score (nSPS) is 22.7. The lowest BCUT2D eigenvalue weighted by Crippen LogP contribution is -2.51. The molecule has 2 N–H and O–H groups in total. The highest BCUT2D eigenvalue weighted by Crippen LogP contribution is 2.33. The molecule has 162 valence electrons. The maximum Gasteiger partial charge on any atom is 0.233 e. The second-order valence-electron chi connectivity index (χ2n) is 8.80. The maximum atomic E-state index is 10.7. The molecule has 2 bridgehead atoms. The highest BCUT2D eigenvalue weighted by Gasteiger charge is 2.32. The molecule has 2 saturated heterocycles. The number of pyridine rings is 1. The summed E-state index contributed by atoms with van der Waals surface area (Å²) in [4.78, 5) is 4.33. The van der Waals surface area contributed by atoms with E-state index in [0.29, 0.717) is 29.2 Å². The molecule has 7 nitrogen and oxygen atoms in total. The Morgan fingerprint density at radius 2 is 1.78 bits per heavy atom. The van der Waals surface area contributed by atoms with Gasteiger partial charge in [-0.3, -0.25) is 0 Å². The minimum Gasteiger partial charge on any atom is -0.507 e. The number of hydrogen-bond acceptors (Lipinski definition) is 6. The molecule has 3 aromatic heterocycles. The number of ether oxygens (including phenoxy) is 1. The van der Waals surface area contributed by atoms with Crippen LogP contribution in [0.1, 0.15) is 32.1 Å². The molecule has 0 aliphatic carbocycles. The van der Waals surface area contributed by atoms with Gasteiger partial charge in [-0.2, -0.15) is 0 Å². The van der Waals surface area contributed by atoms with Crippen LogP contribution in [0.15, 0.2) is 61.1 Å². The lowest BCUT2D eigenvalue weighted by Gasteiger charge is -2.39. The average Bonchev–Trinajstić information content (AvgIpc) is 3.27. The van der Waals surface area contributed by atoms with E-state index in [0.717, 1.165) is 29.6 Å². The summed E-state index contributed by atoms with van der Waals surface area (Å²) in [6.45, 7) is 0. The predicted molar refractivity (Wildman–Crippen MR) is 122 cm³/mol. The third-order valence-corrected chi connectivity index (χ3v) is 6.60. The van der Waals surface area contributed by atoms with E-state index in [9.17, 15) is 5.11 Å². The van der Waals surface area contributed by atoms with Crippen LogP contribution in [0.25, 0.3) is 28.0 Å². The van der Waals surface area contributed by atoms with Crippen molar-refractivity contribution in [1.29, 1.82) is 0 Å². The molecule has 2 fully saturated rings. The maximum absolute atomic E-state index is 10.7. The molecule has 2 atom stereocenters. The van der Waals surface area contributed by atoms with E-state index in [1.165, 1.54) is 19.3 Å². The van der Waals surface area contributed by atoms with Gasteiger partial charge >= 0.3 is 0 Å². The molecule has 4 aromatic rings. The van der Waals surface area contributed by atoms with Gasteiger partial charge in [-0.1, -0.05) is 12.5 Å². The molecule has 7 heteroatoms. The Hall–Kier alpha value is -3.45. The standard InChI is InChI=1S/C25H25N5O2/c31-23-12-16(17-8-10-30-11-9-26-24(30)13-17)4-5-21(23)22-6-7-25(29-28-22)32-20-14-18-2-1-3-19(15-20)27-18/h4-13,18-20,27,31H,1-3,14-15H2. The van der Waals surface area contributed by atoms with Crippen LogP contribution in [-0.4, -0.2) is 42.9 Å². The van der Waals surface area contributed by atoms with Gasteiger partial charge in [0.2, 0.25) is 5.88 Å². The first-order chi connectivity index (χ1) is 15.7. The lowest BCUT2D eigenvalue weighted by molar-refractivity contribution is 0.0881. The summed E-state index contributed by atoms with van der Waals surface area (Å²) >= 11 is 0. The van der Waals surface area contributed by atoms with Gasteiger partial charge in [-0.25, -0.2) is 4.98 Å². The Bertz CT molecular complexity index is 1240. The Morgan fingerprint density at radius 3 is 2.56 bits per heavy atom. The van der Waals surface area contributed by atoms with E-state index >= 15 is 0 Å². The fourth-order valence-electron chi connectivity index (χ4n) is 5.02. The van der Waals surface area contributed by atoms with Gasteiger partial charge in [0.1, 0.15) is 17.5 Å². The molecule has 0 saturated carbocycles. The summed E-state index contributed by atoms with van der Waals surface area (Å²) in [5.41, 5.74) is 4.04. The highest BCUT2D eigenvalue weighted by molar-refractivity contribution is 5.75. The third kappa shape index (κ3) is 3.69. The smallest absolute Gasteiger partial charge is 0.233 e. The SMILES string of the molecule is Oc1cc(-c2ccn3ccnc3c2)ccc1-c1ccc(OC2CC3CCCC(C2)N3)nn1. The van der Waals surface area contributed by atoms with Crippen LogP contribution in [0.4, 0.5) is 0 Å². The van der Waals surface area contributed by atoms with Crippen molar-refractivity contribution < 1.29 is 9.84 Å². The number of piperidine rings is 2. The largest absolute Gasteiger partial charge is 0.507 e. The first-order valence-electron chi connectivity index (χ1n) is 11.2. The zero-order chi connectivity index (χ0) is 21.5. The first kappa shape index (κ1) is 19.3. The van der Waals surface area contributed by atoms with Crippen LogP contribution < -0.4 is 10.1 Å². The molecule has 2 unspecified atom stereocenters. The fraction of sp³-hybridized carbons (Fsp3) is 0.320. The van der Waals surface area contributed by atoms with Gasteiger partial charge in [0.15, 0.2) is 0 Å². The number of benzene rings is 1. The average molecular weight is 428 g/mol. The van der Waals surface area contributed by atoms with Gasteiger partial charge in [-0.15, -0.1) is 10.2 Å². The number of phenolic OH excluding ortho intramolecular Hbond substituents is 1. The number of hydrogen-bond donors (Lipinski definition) is 2. The van der Waals surface area contributed by atoms with Crippen LogP contribution in [0, 0.1) is 0 Å². The second kappa shape index (κ2) is 7.91. The summed E-state index contributed by atoms with van der Waals surface area (Å²) in [5.74, 6) is 0.711. The molecular weight excluding hydrogens is 402 g/mol. The van der Waals surface area contributed by atoms with Gasteiger partial charge in [0, 0.05) is 42.3 Å². The third-order valence-electron chi connectivity index (χ3n) is 6.60.